The minimum absolute atomic E-state index is 0.658. The summed E-state index contributed by atoms with van der Waals surface area (Å²) in [6, 6.07) is 8.04. The smallest absolute Gasteiger partial charge is 0.0942 e. The SMILES string of the molecule is Cc1ccccc1C1(O)CCOCC1. The van der Waals surface area contributed by atoms with Gasteiger partial charge in [-0.25, -0.2) is 0 Å². The van der Waals surface area contributed by atoms with E-state index >= 15 is 0 Å². The van der Waals surface area contributed by atoms with Crippen LogP contribution in [0.4, 0.5) is 0 Å². The highest BCUT2D eigenvalue weighted by Gasteiger charge is 2.32. The van der Waals surface area contributed by atoms with Crippen LogP contribution in [-0.2, 0) is 10.3 Å². The van der Waals surface area contributed by atoms with Crippen molar-refractivity contribution in [2.45, 2.75) is 25.4 Å². The summed E-state index contributed by atoms with van der Waals surface area (Å²) in [5.41, 5.74) is 1.56. The number of rotatable bonds is 1. The summed E-state index contributed by atoms with van der Waals surface area (Å²) >= 11 is 0. The zero-order valence-corrected chi connectivity index (χ0v) is 8.49. The minimum atomic E-state index is -0.663. The summed E-state index contributed by atoms with van der Waals surface area (Å²) < 4.78 is 5.27. The molecule has 2 heteroatoms. The molecule has 0 radical (unpaired) electrons. The van der Waals surface area contributed by atoms with Crippen LogP contribution in [0.1, 0.15) is 24.0 Å². The molecule has 1 aliphatic heterocycles. The summed E-state index contributed by atoms with van der Waals surface area (Å²) in [6.07, 6.45) is 1.41. The summed E-state index contributed by atoms with van der Waals surface area (Å²) in [7, 11) is 0. The number of benzene rings is 1. The van der Waals surface area contributed by atoms with E-state index in [4.69, 9.17) is 4.74 Å². The molecule has 0 aromatic heterocycles. The molecule has 2 rings (SSSR count). The van der Waals surface area contributed by atoms with E-state index in [1.165, 1.54) is 0 Å². The average Bonchev–Trinajstić information content (AvgIpc) is 2.19. The van der Waals surface area contributed by atoms with Gasteiger partial charge >= 0.3 is 0 Å². The van der Waals surface area contributed by atoms with Gasteiger partial charge in [-0.15, -0.1) is 0 Å². The van der Waals surface area contributed by atoms with Gasteiger partial charge in [0.05, 0.1) is 5.60 Å². The molecule has 1 saturated heterocycles. The van der Waals surface area contributed by atoms with Crippen molar-refractivity contribution in [1.29, 1.82) is 0 Å². The lowest BCUT2D eigenvalue weighted by molar-refractivity contribution is -0.0682. The first-order valence-electron chi connectivity index (χ1n) is 5.09. The van der Waals surface area contributed by atoms with Crippen LogP contribution in [0.2, 0.25) is 0 Å². The molecule has 0 saturated carbocycles. The van der Waals surface area contributed by atoms with Crippen LogP contribution in [0.15, 0.2) is 24.3 Å². The molecule has 1 aromatic rings. The summed E-state index contributed by atoms with van der Waals surface area (Å²) in [5.74, 6) is 0. The minimum Gasteiger partial charge on any atom is -0.385 e. The van der Waals surface area contributed by atoms with Gasteiger partial charge in [0.25, 0.3) is 0 Å². The summed E-state index contributed by atoms with van der Waals surface area (Å²) in [5, 5.41) is 10.4. The highest BCUT2D eigenvalue weighted by Crippen LogP contribution is 2.33. The van der Waals surface area contributed by atoms with E-state index in [1.807, 2.05) is 31.2 Å². The van der Waals surface area contributed by atoms with Crippen LogP contribution in [0.3, 0.4) is 0 Å². The number of aryl methyl sites for hydroxylation is 1. The van der Waals surface area contributed by atoms with Crippen molar-refractivity contribution in [2.75, 3.05) is 13.2 Å². The molecule has 2 nitrogen and oxygen atoms in total. The first kappa shape index (κ1) is 9.69. The van der Waals surface area contributed by atoms with Crippen molar-refractivity contribution in [2.24, 2.45) is 0 Å². The molecule has 76 valence electrons. The summed E-state index contributed by atoms with van der Waals surface area (Å²) in [4.78, 5) is 0. The van der Waals surface area contributed by atoms with Gasteiger partial charge in [-0.05, 0) is 18.1 Å². The molecule has 1 N–H and O–H groups in total. The van der Waals surface area contributed by atoms with E-state index in [2.05, 4.69) is 0 Å². The maximum atomic E-state index is 10.4. The molecule has 0 amide bonds. The Bertz CT molecular complexity index is 314. The third-order valence-electron chi connectivity index (χ3n) is 2.97. The Kier molecular flexibility index (Phi) is 2.57. The van der Waals surface area contributed by atoms with Crippen molar-refractivity contribution in [3.05, 3.63) is 35.4 Å². The zero-order chi connectivity index (χ0) is 10.0. The third-order valence-corrected chi connectivity index (χ3v) is 2.97. The Morgan fingerprint density at radius 1 is 1.21 bits per heavy atom. The van der Waals surface area contributed by atoms with Gasteiger partial charge < -0.3 is 9.84 Å². The predicted octanol–water partition coefficient (Wildman–Crippen LogP) is 1.99. The maximum absolute atomic E-state index is 10.4. The lowest BCUT2D eigenvalue weighted by atomic mass is 9.84. The fourth-order valence-electron chi connectivity index (χ4n) is 2.07. The average molecular weight is 192 g/mol. The molecular formula is C12H16O2. The van der Waals surface area contributed by atoms with Gasteiger partial charge in [0.15, 0.2) is 0 Å². The van der Waals surface area contributed by atoms with Gasteiger partial charge in [0.1, 0.15) is 0 Å². The van der Waals surface area contributed by atoms with Gasteiger partial charge in [-0.1, -0.05) is 24.3 Å². The quantitative estimate of drug-likeness (QED) is 0.737. The molecule has 0 unspecified atom stereocenters. The Balaban J connectivity index is 2.32. The first-order valence-corrected chi connectivity index (χ1v) is 5.09. The second-order valence-electron chi connectivity index (χ2n) is 3.96. The van der Waals surface area contributed by atoms with Crippen molar-refractivity contribution >= 4 is 0 Å². The van der Waals surface area contributed by atoms with Crippen LogP contribution in [-0.4, -0.2) is 18.3 Å². The molecule has 0 aliphatic carbocycles. The number of hydrogen-bond donors (Lipinski definition) is 1. The molecule has 0 spiro atoms. The number of hydrogen-bond acceptors (Lipinski definition) is 2. The molecular weight excluding hydrogens is 176 g/mol. The van der Waals surface area contributed by atoms with Crippen LogP contribution in [0.25, 0.3) is 0 Å². The van der Waals surface area contributed by atoms with Crippen molar-refractivity contribution < 1.29 is 9.84 Å². The monoisotopic (exact) mass is 192 g/mol. The third kappa shape index (κ3) is 1.68. The van der Waals surface area contributed by atoms with Crippen LogP contribution in [0, 0.1) is 6.92 Å². The van der Waals surface area contributed by atoms with Crippen molar-refractivity contribution in [3.8, 4) is 0 Å². The van der Waals surface area contributed by atoms with E-state index in [-0.39, 0.29) is 0 Å². The fourth-order valence-corrected chi connectivity index (χ4v) is 2.07. The first-order chi connectivity index (χ1) is 6.72. The molecule has 14 heavy (non-hydrogen) atoms. The Hall–Kier alpha value is -0.860. The van der Waals surface area contributed by atoms with Crippen molar-refractivity contribution in [1.82, 2.24) is 0 Å². The van der Waals surface area contributed by atoms with E-state index < -0.39 is 5.60 Å². The lowest BCUT2D eigenvalue weighted by Gasteiger charge is -2.33. The normalized spacial score (nSPS) is 20.7. The predicted molar refractivity (Wildman–Crippen MR) is 55.1 cm³/mol. The Labute approximate surface area is 84.5 Å². The fraction of sp³-hybridized carbons (Fsp3) is 0.500. The summed E-state index contributed by atoms with van der Waals surface area (Å²) in [6.45, 7) is 3.36. The highest BCUT2D eigenvalue weighted by molar-refractivity contribution is 5.31. The zero-order valence-electron chi connectivity index (χ0n) is 8.49. The molecule has 0 bridgehead atoms. The van der Waals surface area contributed by atoms with E-state index in [0.717, 1.165) is 11.1 Å². The lowest BCUT2D eigenvalue weighted by Crippen LogP contribution is -2.34. The standard InChI is InChI=1S/C12H16O2/c1-10-4-2-3-5-11(10)12(13)6-8-14-9-7-12/h2-5,13H,6-9H2,1H3. The van der Waals surface area contributed by atoms with Crippen LogP contribution >= 0.6 is 0 Å². The molecule has 1 fully saturated rings. The van der Waals surface area contributed by atoms with Crippen LogP contribution in [0.5, 0.6) is 0 Å². The molecule has 1 aromatic carbocycles. The second kappa shape index (κ2) is 3.71. The van der Waals surface area contributed by atoms with E-state index in [0.29, 0.717) is 26.1 Å². The van der Waals surface area contributed by atoms with E-state index in [1.54, 1.807) is 0 Å². The van der Waals surface area contributed by atoms with Crippen molar-refractivity contribution in [3.63, 3.8) is 0 Å². The van der Waals surface area contributed by atoms with Gasteiger partial charge in [0.2, 0.25) is 0 Å². The van der Waals surface area contributed by atoms with Crippen LogP contribution < -0.4 is 0 Å². The van der Waals surface area contributed by atoms with Gasteiger partial charge in [0, 0.05) is 26.1 Å². The Morgan fingerprint density at radius 2 is 1.86 bits per heavy atom. The Morgan fingerprint density at radius 3 is 2.50 bits per heavy atom. The second-order valence-corrected chi connectivity index (χ2v) is 3.96. The maximum Gasteiger partial charge on any atom is 0.0942 e. The molecule has 1 aliphatic rings. The van der Waals surface area contributed by atoms with E-state index in [9.17, 15) is 5.11 Å². The topological polar surface area (TPSA) is 29.5 Å². The van der Waals surface area contributed by atoms with Gasteiger partial charge in [-0.2, -0.15) is 0 Å². The largest absolute Gasteiger partial charge is 0.385 e. The number of ether oxygens (including phenoxy) is 1. The number of aliphatic hydroxyl groups is 1. The van der Waals surface area contributed by atoms with Gasteiger partial charge in [-0.3, -0.25) is 0 Å². The highest BCUT2D eigenvalue weighted by atomic mass is 16.5. The molecule has 1 heterocycles. The molecule has 0 atom stereocenters.